The molecule has 2 atom stereocenters. The maximum Gasteiger partial charge on any atom is 0.251 e. The summed E-state index contributed by atoms with van der Waals surface area (Å²) in [7, 11) is 0. The minimum atomic E-state index is -0.187. The van der Waals surface area contributed by atoms with Gasteiger partial charge in [0.2, 0.25) is 5.91 Å². The van der Waals surface area contributed by atoms with Crippen LogP contribution in [0.25, 0.3) is 10.9 Å². The number of nitrogens with zero attached hydrogens (tertiary/aromatic N) is 2. The molecule has 1 aliphatic carbocycles. The molecule has 3 N–H and O–H groups in total. The van der Waals surface area contributed by atoms with Crippen molar-refractivity contribution < 1.29 is 14.4 Å². The van der Waals surface area contributed by atoms with Gasteiger partial charge in [-0.05, 0) is 67.4 Å². The summed E-state index contributed by atoms with van der Waals surface area (Å²) in [4.78, 5) is 44.2. The molecule has 2 fully saturated rings. The fraction of sp³-hybridized carbons (Fsp3) is 0.333. The Kier molecular flexibility index (Phi) is 7.16. The second-order valence-corrected chi connectivity index (χ2v) is 9.64. The van der Waals surface area contributed by atoms with Crippen LogP contribution in [0, 0.1) is 0 Å². The molecule has 3 aromatic rings. The van der Waals surface area contributed by atoms with E-state index < -0.39 is 0 Å². The Hall–Kier alpha value is -3.49. The van der Waals surface area contributed by atoms with E-state index in [1.54, 1.807) is 53.4 Å². The molecule has 1 saturated heterocycles. The number of aromatic nitrogens is 1. The second kappa shape index (κ2) is 10.6. The van der Waals surface area contributed by atoms with E-state index in [0.29, 0.717) is 29.4 Å². The molecule has 9 heteroatoms. The molecule has 0 bridgehead atoms. The average molecular weight is 506 g/mol. The Morgan fingerprint density at radius 2 is 1.58 bits per heavy atom. The van der Waals surface area contributed by atoms with Crippen molar-refractivity contribution in [3.05, 3.63) is 70.9 Å². The van der Waals surface area contributed by atoms with Gasteiger partial charge in [-0.2, -0.15) is 0 Å². The fourth-order valence-corrected chi connectivity index (χ4v) is 5.05. The lowest BCUT2D eigenvalue weighted by atomic mass is 9.89. The third kappa shape index (κ3) is 5.34. The molecule has 1 aliphatic heterocycles. The van der Waals surface area contributed by atoms with Gasteiger partial charge in [-0.1, -0.05) is 24.4 Å². The Morgan fingerprint density at radius 3 is 2.28 bits per heavy atom. The number of halogens is 1. The zero-order valence-electron chi connectivity index (χ0n) is 19.8. The van der Waals surface area contributed by atoms with Crippen molar-refractivity contribution in [2.75, 3.05) is 24.5 Å². The van der Waals surface area contributed by atoms with Crippen molar-refractivity contribution in [2.24, 2.45) is 0 Å². The van der Waals surface area contributed by atoms with E-state index in [4.69, 9.17) is 11.6 Å². The predicted octanol–water partition coefficient (Wildman–Crippen LogP) is 3.30. The van der Waals surface area contributed by atoms with Gasteiger partial charge in [-0.3, -0.25) is 14.4 Å². The molecule has 0 spiro atoms. The van der Waals surface area contributed by atoms with Crippen molar-refractivity contribution in [3.8, 4) is 0 Å². The fourth-order valence-electron chi connectivity index (χ4n) is 4.89. The standard InChI is InChI=1S/C27H28ClN5O3/c28-24-12-8-18-15-19(7-11-21(18)30-24)27(36)32-23-4-2-1-3-22(23)31-26(35)17-5-9-20(10-6-17)33-14-13-29-16-25(33)34/h5-12,15,22-23,29H,1-4,13-14,16H2,(H,31,35)(H,32,36). The van der Waals surface area contributed by atoms with Gasteiger partial charge in [0.1, 0.15) is 5.15 Å². The Bertz CT molecular complexity index is 1300. The number of nitrogens with one attached hydrogen (secondary N) is 3. The molecule has 2 aliphatic rings. The van der Waals surface area contributed by atoms with Gasteiger partial charge in [-0.25, -0.2) is 4.98 Å². The van der Waals surface area contributed by atoms with E-state index in [1.807, 2.05) is 6.07 Å². The van der Waals surface area contributed by atoms with Gasteiger partial charge in [0.05, 0.1) is 12.1 Å². The number of hydrogen-bond acceptors (Lipinski definition) is 5. The summed E-state index contributed by atoms with van der Waals surface area (Å²) in [5, 5.41) is 10.5. The van der Waals surface area contributed by atoms with Crippen LogP contribution in [0.3, 0.4) is 0 Å². The number of pyridine rings is 1. The number of amides is 3. The molecule has 2 unspecified atom stereocenters. The van der Waals surface area contributed by atoms with Crippen LogP contribution in [0.5, 0.6) is 0 Å². The third-order valence-corrected chi connectivity index (χ3v) is 7.06. The number of anilines is 1. The maximum atomic E-state index is 13.0. The SMILES string of the molecule is O=C(NC1CCCCC1NC(=O)c1ccc2nc(Cl)ccc2c1)c1ccc(N2CCNCC2=O)cc1. The van der Waals surface area contributed by atoms with Crippen LogP contribution < -0.4 is 20.9 Å². The molecule has 2 heterocycles. The minimum Gasteiger partial charge on any atom is -0.347 e. The quantitative estimate of drug-likeness (QED) is 0.462. The van der Waals surface area contributed by atoms with Gasteiger partial charge in [0, 0.05) is 47.4 Å². The lowest BCUT2D eigenvalue weighted by Gasteiger charge is -2.33. The van der Waals surface area contributed by atoms with E-state index in [-0.39, 0.29) is 29.8 Å². The minimum absolute atomic E-state index is 0.0192. The summed E-state index contributed by atoms with van der Waals surface area (Å²) >= 11 is 5.96. The van der Waals surface area contributed by atoms with Crippen LogP contribution >= 0.6 is 11.6 Å². The van der Waals surface area contributed by atoms with E-state index in [2.05, 4.69) is 20.9 Å². The van der Waals surface area contributed by atoms with Gasteiger partial charge in [0.15, 0.2) is 0 Å². The average Bonchev–Trinajstić information content (AvgIpc) is 2.90. The highest BCUT2D eigenvalue weighted by Gasteiger charge is 2.28. The number of carbonyl (C=O) groups excluding carboxylic acids is 3. The highest BCUT2D eigenvalue weighted by molar-refractivity contribution is 6.29. The Morgan fingerprint density at radius 1 is 0.917 bits per heavy atom. The van der Waals surface area contributed by atoms with Crippen molar-refractivity contribution >= 4 is 45.9 Å². The summed E-state index contributed by atoms with van der Waals surface area (Å²) in [5.74, 6) is -0.346. The van der Waals surface area contributed by atoms with E-state index in [0.717, 1.165) is 48.8 Å². The number of benzene rings is 2. The zero-order valence-corrected chi connectivity index (χ0v) is 20.6. The van der Waals surface area contributed by atoms with Crippen LogP contribution in [0.1, 0.15) is 46.4 Å². The van der Waals surface area contributed by atoms with E-state index in [9.17, 15) is 14.4 Å². The Balaban J connectivity index is 1.24. The van der Waals surface area contributed by atoms with Crippen molar-refractivity contribution in [1.29, 1.82) is 0 Å². The molecule has 3 amide bonds. The number of fused-ring (bicyclic) bond motifs is 1. The molecule has 36 heavy (non-hydrogen) atoms. The van der Waals surface area contributed by atoms with Crippen LogP contribution in [0.2, 0.25) is 5.15 Å². The number of rotatable bonds is 5. The van der Waals surface area contributed by atoms with Gasteiger partial charge in [0.25, 0.3) is 11.8 Å². The first-order valence-electron chi connectivity index (χ1n) is 12.3. The lowest BCUT2D eigenvalue weighted by molar-refractivity contribution is -0.118. The summed E-state index contributed by atoms with van der Waals surface area (Å²) in [6, 6.07) is 15.6. The van der Waals surface area contributed by atoms with Crippen LogP contribution in [0.4, 0.5) is 5.69 Å². The topological polar surface area (TPSA) is 103 Å². The lowest BCUT2D eigenvalue weighted by Crippen LogP contribution is -2.53. The highest BCUT2D eigenvalue weighted by atomic mass is 35.5. The predicted molar refractivity (Wildman–Crippen MR) is 139 cm³/mol. The zero-order chi connectivity index (χ0) is 25.1. The molecule has 1 saturated carbocycles. The first-order chi connectivity index (χ1) is 17.5. The largest absolute Gasteiger partial charge is 0.347 e. The van der Waals surface area contributed by atoms with Crippen LogP contribution in [-0.4, -0.2) is 54.4 Å². The van der Waals surface area contributed by atoms with Crippen LogP contribution in [0.15, 0.2) is 54.6 Å². The molecule has 2 aromatic carbocycles. The molecule has 1 aromatic heterocycles. The highest BCUT2D eigenvalue weighted by Crippen LogP contribution is 2.22. The molecule has 0 radical (unpaired) electrons. The second-order valence-electron chi connectivity index (χ2n) is 9.25. The molecule has 8 nitrogen and oxygen atoms in total. The van der Waals surface area contributed by atoms with Crippen molar-refractivity contribution in [3.63, 3.8) is 0 Å². The normalized spacial score (nSPS) is 20.2. The monoisotopic (exact) mass is 505 g/mol. The first kappa shape index (κ1) is 24.2. The van der Waals surface area contributed by atoms with Gasteiger partial charge in [-0.15, -0.1) is 0 Å². The van der Waals surface area contributed by atoms with Crippen LogP contribution in [-0.2, 0) is 4.79 Å². The van der Waals surface area contributed by atoms with Crippen molar-refractivity contribution in [2.45, 2.75) is 37.8 Å². The number of piperazine rings is 1. The summed E-state index contributed by atoms with van der Waals surface area (Å²) in [5.41, 5.74) is 2.58. The van der Waals surface area contributed by atoms with Gasteiger partial charge < -0.3 is 20.9 Å². The molecular formula is C27H28ClN5O3. The molecular weight excluding hydrogens is 478 g/mol. The van der Waals surface area contributed by atoms with E-state index >= 15 is 0 Å². The van der Waals surface area contributed by atoms with E-state index in [1.165, 1.54) is 0 Å². The maximum absolute atomic E-state index is 13.0. The van der Waals surface area contributed by atoms with Gasteiger partial charge >= 0.3 is 0 Å². The molecule has 5 rings (SSSR count). The van der Waals surface area contributed by atoms with Crippen molar-refractivity contribution in [1.82, 2.24) is 20.9 Å². The first-order valence-corrected chi connectivity index (χ1v) is 12.6. The summed E-state index contributed by atoms with van der Waals surface area (Å²) in [6.45, 7) is 1.67. The number of carbonyl (C=O) groups is 3. The number of hydrogen-bond donors (Lipinski definition) is 3. The molecule has 186 valence electrons. The smallest absolute Gasteiger partial charge is 0.251 e. The third-order valence-electron chi connectivity index (χ3n) is 6.85. The Labute approximate surface area is 214 Å². The summed E-state index contributed by atoms with van der Waals surface area (Å²) < 4.78 is 0. The summed E-state index contributed by atoms with van der Waals surface area (Å²) in [6.07, 6.45) is 3.57.